The fourth-order valence-electron chi connectivity index (χ4n) is 2.82. The highest BCUT2D eigenvalue weighted by atomic mass is 16.5. The summed E-state index contributed by atoms with van der Waals surface area (Å²) in [6.07, 6.45) is 3.42. The molecule has 0 saturated carbocycles. The lowest BCUT2D eigenvalue weighted by Gasteiger charge is -2.24. The van der Waals surface area contributed by atoms with Crippen molar-refractivity contribution in [3.63, 3.8) is 0 Å². The van der Waals surface area contributed by atoms with Crippen LogP contribution in [0.15, 0.2) is 21.7 Å². The Balaban J connectivity index is 1.72. The third-order valence-corrected chi connectivity index (χ3v) is 4.20. The zero-order chi connectivity index (χ0) is 18.1. The van der Waals surface area contributed by atoms with E-state index in [1.165, 1.54) is 6.26 Å². The predicted molar refractivity (Wildman–Crippen MR) is 97.9 cm³/mol. The molecule has 1 saturated heterocycles. The molecule has 2 heterocycles. The van der Waals surface area contributed by atoms with E-state index in [9.17, 15) is 4.79 Å². The van der Waals surface area contributed by atoms with Crippen molar-refractivity contribution in [2.45, 2.75) is 26.7 Å². The number of carbonyl (C=O) groups is 1. The van der Waals surface area contributed by atoms with Gasteiger partial charge < -0.3 is 24.7 Å². The first-order chi connectivity index (χ1) is 12.1. The molecule has 1 aliphatic heterocycles. The Kier molecular flexibility index (Phi) is 7.78. The Hall–Kier alpha value is -2.02. The normalized spacial score (nSPS) is 17.6. The minimum atomic E-state index is -0.170. The van der Waals surface area contributed by atoms with Crippen LogP contribution in [-0.2, 0) is 4.74 Å². The number of aliphatic imine (C=N–C) groups is 1. The highest BCUT2D eigenvalue weighted by molar-refractivity contribution is 5.92. The van der Waals surface area contributed by atoms with Gasteiger partial charge in [-0.05, 0) is 32.8 Å². The van der Waals surface area contributed by atoms with Gasteiger partial charge in [0.05, 0.1) is 12.9 Å². The molecular formula is C18H30N4O3. The summed E-state index contributed by atoms with van der Waals surface area (Å²) in [7, 11) is 2.06. The fraction of sp³-hybridized carbons (Fsp3) is 0.667. The number of aryl methyl sites for hydroxylation is 1. The number of hydrogen-bond acceptors (Lipinski definition) is 4. The lowest BCUT2D eigenvalue weighted by Crippen LogP contribution is -2.41. The quantitative estimate of drug-likeness (QED) is 0.423. The first-order valence-electron chi connectivity index (χ1n) is 9.01. The monoisotopic (exact) mass is 350 g/mol. The maximum atomic E-state index is 12.0. The molecule has 2 rings (SSSR count). The smallest absolute Gasteiger partial charge is 0.287 e. The van der Waals surface area contributed by atoms with Crippen LogP contribution in [0.3, 0.4) is 0 Å². The maximum Gasteiger partial charge on any atom is 0.287 e. The Morgan fingerprint density at radius 2 is 2.28 bits per heavy atom. The van der Waals surface area contributed by atoms with Crippen LogP contribution in [0.25, 0.3) is 0 Å². The zero-order valence-corrected chi connectivity index (χ0v) is 15.5. The van der Waals surface area contributed by atoms with Crippen LogP contribution >= 0.6 is 0 Å². The molecule has 0 aromatic carbocycles. The zero-order valence-electron chi connectivity index (χ0n) is 15.5. The van der Waals surface area contributed by atoms with Gasteiger partial charge in [-0.2, -0.15) is 0 Å². The second-order valence-electron chi connectivity index (χ2n) is 6.39. The Labute approximate surface area is 149 Å². The van der Waals surface area contributed by atoms with E-state index in [0.717, 1.165) is 50.7 Å². The Bertz CT molecular complexity index is 564. The molecule has 0 spiro atoms. The van der Waals surface area contributed by atoms with Gasteiger partial charge in [0.1, 0.15) is 0 Å². The number of rotatable bonds is 8. The summed E-state index contributed by atoms with van der Waals surface area (Å²) in [5, 5.41) is 6.19. The van der Waals surface area contributed by atoms with Gasteiger partial charge in [-0.25, -0.2) is 0 Å². The van der Waals surface area contributed by atoms with E-state index in [1.807, 2.05) is 6.92 Å². The number of amides is 1. The average Bonchev–Trinajstić information content (AvgIpc) is 3.24. The summed E-state index contributed by atoms with van der Waals surface area (Å²) in [5.41, 5.74) is 0.850. The van der Waals surface area contributed by atoms with Gasteiger partial charge in [0.25, 0.3) is 5.91 Å². The Morgan fingerprint density at radius 1 is 1.44 bits per heavy atom. The predicted octanol–water partition coefficient (Wildman–Crippen LogP) is 1.64. The van der Waals surface area contributed by atoms with Crippen molar-refractivity contribution in [3.8, 4) is 0 Å². The van der Waals surface area contributed by atoms with E-state index in [2.05, 4.69) is 34.5 Å². The van der Waals surface area contributed by atoms with E-state index in [4.69, 9.17) is 9.15 Å². The molecule has 1 unspecified atom stereocenters. The number of nitrogens with zero attached hydrogens (tertiary/aromatic N) is 2. The molecule has 1 amide bonds. The molecule has 1 atom stereocenters. The maximum absolute atomic E-state index is 12.0. The van der Waals surface area contributed by atoms with Crippen molar-refractivity contribution in [1.29, 1.82) is 0 Å². The fourth-order valence-corrected chi connectivity index (χ4v) is 2.82. The van der Waals surface area contributed by atoms with E-state index in [-0.39, 0.29) is 5.91 Å². The van der Waals surface area contributed by atoms with Crippen LogP contribution in [0.4, 0.5) is 0 Å². The van der Waals surface area contributed by atoms with Crippen LogP contribution in [0.1, 0.15) is 35.9 Å². The summed E-state index contributed by atoms with van der Waals surface area (Å²) < 4.78 is 10.6. The van der Waals surface area contributed by atoms with Crippen molar-refractivity contribution in [2.24, 2.45) is 10.9 Å². The molecule has 0 aliphatic carbocycles. The molecule has 1 aliphatic rings. The van der Waals surface area contributed by atoms with Gasteiger partial charge >= 0.3 is 0 Å². The second kappa shape index (κ2) is 10.1. The Morgan fingerprint density at radius 3 is 2.92 bits per heavy atom. The molecule has 2 N–H and O–H groups in total. The van der Waals surface area contributed by atoms with Crippen molar-refractivity contribution >= 4 is 11.9 Å². The van der Waals surface area contributed by atoms with Gasteiger partial charge in [-0.15, -0.1) is 0 Å². The molecule has 1 fully saturated rings. The first-order valence-corrected chi connectivity index (χ1v) is 9.01. The van der Waals surface area contributed by atoms with E-state index in [1.54, 1.807) is 6.07 Å². The van der Waals surface area contributed by atoms with Crippen molar-refractivity contribution in [2.75, 3.05) is 46.4 Å². The molecular weight excluding hydrogens is 320 g/mol. The van der Waals surface area contributed by atoms with Crippen LogP contribution in [0, 0.1) is 12.8 Å². The van der Waals surface area contributed by atoms with E-state index < -0.39 is 0 Å². The number of nitrogens with one attached hydrogen (secondary N) is 2. The van der Waals surface area contributed by atoms with Gasteiger partial charge in [-0.3, -0.25) is 9.79 Å². The molecule has 140 valence electrons. The third kappa shape index (κ3) is 6.08. The second-order valence-corrected chi connectivity index (χ2v) is 6.39. The summed E-state index contributed by atoms with van der Waals surface area (Å²) in [6, 6.07) is 1.78. The number of ether oxygens (including phenoxy) is 1. The summed E-state index contributed by atoms with van der Waals surface area (Å²) in [4.78, 5) is 18.8. The van der Waals surface area contributed by atoms with Gasteiger partial charge in [0.15, 0.2) is 11.7 Å². The topological polar surface area (TPSA) is 79.1 Å². The summed E-state index contributed by atoms with van der Waals surface area (Å²) in [6.45, 7) is 8.63. The lowest BCUT2D eigenvalue weighted by atomic mass is 10.1. The largest absolute Gasteiger partial charge is 0.459 e. The average molecular weight is 350 g/mol. The number of hydrogen-bond donors (Lipinski definition) is 2. The minimum absolute atomic E-state index is 0.170. The van der Waals surface area contributed by atoms with Crippen molar-refractivity contribution < 1.29 is 13.9 Å². The van der Waals surface area contributed by atoms with E-state index >= 15 is 0 Å². The summed E-state index contributed by atoms with van der Waals surface area (Å²) in [5.74, 6) is 1.69. The standard InChI is InChI=1S/C18H30N4O3/c1-4-19-18(22(3)12-15-7-10-24-13-15)21-9-5-8-20-17(23)16-14(2)6-11-25-16/h6,11,15H,4-5,7-10,12-13H2,1-3H3,(H,19,21)(H,20,23). The molecule has 25 heavy (non-hydrogen) atoms. The molecule has 0 radical (unpaired) electrons. The van der Waals surface area contributed by atoms with Crippen LogP contribution in [0.2, 0.25) is 0 Å². The van der Waals surface area contributed by atoms with E-state index in [0.29, 0.717) is 24.8 Å². The highest BCUT2D eigenvalue weighted by Crippen LogP contribution is 2.13. The van der Waals surface area contributed by atoms with Crippen LogP contribution in [0.5, 0.6) is 0 Å². The van der Waals surface area contributed by atoms with Crippen molar-refractivity contribution in [1.82, 2.24) is 15.5 Å². The van der Waals surface area contributed by atoms with Crippen LogP contribution < -0.4 is 10.6 Å². The molecule has 7 nitrogen and oxygen atoms in total. The van der Waals surface area contributed by atoms with Crippen LogP contribution in [-0.4, -0.2) is 63.2 Å². The lowest BCUT2D eigenvalue weighted by molar-refractivity contribution is 0.0925. The molecule has 1 aromatic rings. The number of carbonyl (C=O) groups excluding carboxylic acids is 1. The molecule has 1 aromatic heterocycles. The highest BCUT2D eigenvalue weighted by Gasteiger charge is 2.19. The van der Waals surface area contributed by atoms with Gasteiger partial charge in [0, 0.05) is 51.3 Å². The molecule has 0 bridgehead atoms. The SMILES string of the molecule is CCNC(=NCCCNC(=O)c1occc1C)N(C)CC1CCOC1. The minimum Gasteiger partial charge on any atom is -0.459 e. The molecule has 7 heteroatoms. The van der Waals surface area contributed by atoms with Crippen molar-refractivity contribution in [3.05, 3.63) is 23.7 Å². The van der Waals surface area contributed by atoms with Gasteiger partial charge in [0.2, 0.25) is 0 Å². The third-order valence-electron chi connectivity index (χ3n) is 4.20. The summed E-state index contributed by atoms with van der Waals surface area (Å²) >= 11 is 0. The number of guanidine groups is 1. The van der Waals surface area contributed by atoms with Gasteiger partial charge in [-0.1, -0.05) is 0 Å². The number of furan rings is 1. The first kappa shape index (κ1) is 19.3.